The van der Waals surface area contributed by atoms with Gasteiger partial charge in [-0.2, -0.15) is 0 Å². The van der Waals surface area contributed by atoms with E-state index in [-0.39, 0.29) is 23.4 Å². The lowest BCUT2D eigenvalue weighted by molar-refractivity contribution is 0.0788. The molecule has 0 unspecified atom stereocenters. The van der Waals surface area contributed by atoms with Crippen LogP contribution in [0.4, 0.5) is 4.39 Å². The summed E-state index contributed by atoms with van der Waals surface area (Å²) in [4.78, 5) is 29.5. The molecule has 1 aromatic heterocycles. The first-order valence-corrected chi connectivity index (χ1v) is 11.7. The molecule has 0 atom stereocenters. The Hall–Kier alpha value is -3.00. The first-order chi connectivity index (χ1) is 16.0. The highest BCUT2D eigenvalue weighted by Crippen LogP contribution is 2.23. The van der Waals surface area contributed by atoms with Crippen molar-refractivity contribution in [1.29, 1.82) is 0 Å². The van der Waals surface area contributed by atoms with Crippen LogP contribution in [0.3, 0.4) is 0 Å². The molecule has 0 bridgehead atoms. The van der Waals surface area contributed by atoms with Crippen LogP contribution in [0.5, 0.6) is 0 Å². The van der Waals surface area contributed by atoms with Crippen LogP contribution in [0.1, 0.15) is 58.5 Å². The van der Waals surface area contributed by atoms with E-state index < -0.39 is 0 Å². The number of Topliss-reactive ketones (excluding diaryl/α,β-unsaturated/α-hetero) is 1. The van der Waals surface area contributed by atoms with Gasteiger partial charge in [-0.05, 0) is 75.6 Å². The number of carbonyl (C=O) groups excluding carboxylic acids is 2. The van der Waals surface area contributed by atoms with Crippen molar-refractivity contribution in [2.75, 3.05) is 33.2 Å². The van der Waals surface area contributed by atoms with Gasteiger partial charge >= 0.3 is 0 Å². The molecular formula is C25H31FN4O3. The zero-order valence-electron chi connectivity index (χ0n) is 19.0. The number of hydrogen-bond donors (Lipinski definition) is 1. The maximum Gasteiger partial charge on any atom is 0.270 e. The summed E-state index contributed by atoms with van der Waals surface area (Å²) in [6, 6.07) is 7.70. The van der Waals surface area contributed by atoms with E-state index in [0.29, 0.717) is 29.9 Å². The van der Waals surface area contributed by atoms with Crippen LogP contribution >= 0.6 is 0 Å². The number of aromatic nitrogens is 1. The normalized spacial score (nSPS) is 19.0. The minimum atomic E-state index is -0.323. The predicted octanol–water partition coefficient (Wildman–Crippen LogP) is 3.66. The lowest BCUT2D eigenvalue weighted by Crippen LogP contribution is -2.37. The Balaban J connectivity index is 1.25. The van der Waals surface area contributed by atoms with Crippen molar-refractivity contribution in [2.45, 2.75) is 38.6 Å². The summed E-state index contributed by atoms with van der Waals surface area (Å²) in [7, 11) is 1.77. The highest BCUT2D eigenvalue weighted by molar-refractivity contribution is 6.11. The van der Waals surface area contributed by atoms with Crippen LogP contribution in [-0.4, -0.2) is 70.2 Å². The third-order valence-corrected chi connectivity index (χ3v) is 6.84. The number of halogens is 1. The van der Waals surface area contributed by atoms with Crippen molar-refractivity contribution in [2.24, 2.45) is 11.1 Å². The Kier molecular flexibility index (Phi) is 7.23. The third-order valence-electron chi connectivity index (χ3n) is 6.84. The molecule has 7 nitrogen and oxygen atoms in total. The predicted molar refractivity (Wildman–Crippen MR) is 123 cm³/mol. The molecule has 1 aromatic carbocycles. The Bertz CT molecular complexity index is 1020. The molecule has 8 heteroatoms. The molecule has 0 aliphatic carbocycles. The number of ketones is 1. The van der Waals surface area contributed by atoms with E-state index in [1.54, 1.807) is 24.1 Å². The summed E-state index contributed by atoms with van der Waals surface area (Å²) in [5, 5.41) is 12.7. The second kappa shape index (κ2) is 10.3. The van der Waals surface area contributed by atoms with E-state index in [9.17, 15) is 19.2 Å². The van der Waals surface area contributed by atoms with E-state index in [2.05, 4.69) is 10.1 Å². The number of aryl methyl sites for hydroxylation is 1. The van der Waals surface area contributed by atoms with Gasteiger partial charge in [0.2, 0.25) is 0 Å². The molecule has 33 heavy (non-hydrogen) atoms. The van der Waals surface area contributed by atoms with Crippen LogP contribution in [0.15, 0.2) is 41.7 Å². The molecule has 1 amide bonds. The monoisotopic (exact) mass is 454 g/mol. The summed E-state index contributed by atoms with van der Waals surface area (Å²) in [6.07, 6.45) is 6.01. The van der Waals surface area contributed by atoms with Gasteiger partial charge in [0.05, 0.1) is 5.71 Å². The van der Waals surface area contributed by atoms with Gasteiger partial charge in [0, 0.05) is 49.8 Å². The average molecular weight is 455 g/mol. The fraction of sp³-hybridized carbons (Fsp3) is 0.480. The Morgan fingerprint density at radius 2 is 1.79 bits per heavy atom. The molecule has 0 spiro atoms. The van der Waals surface area contributed by atoms with Crippen LogP contribution in [0, 0.1) is 11.7 Å². The van der Waals surface area contributed by atoms with Gasteiger partial charge in [0.15, 0.2) is 5.78 Å². The largest absolute Gasteiger partial charge is 0.411 e. The number of piperidine rings is 1. The summed E-state index contributed by atoms with van der Waals surface area (Å²) < 4.78 is 15.1. The summed E-state index contributed by atoms with van der Waals surface area (Å²) in [6.45, 7) is 3.99. The topological polar surface area (TPSA) is 78.1 Å². The van der Waals surface area contributed by atoms with Crippen molar-refractivity contribution in [3.05, 3.63) is 59.2 Å². The van der Waals surface area contributed by atoms with E-state index in [1.807, 2.05) is 16.8 Å². The number of hydrogen-bond acceptors (Lipinski definition) is 5. The molecule has 1 saturated heterocycles. The van der Waals surface area contributed by atoms with Crippen molar-refractivity contribution in [1.82, 2.24) is 14.4 Å². The number of benzene rings is 1. The molecule has 2 aromatic rings. The number of nitrogens with zero attached hydrogens (tertiary/aromatic N) is 4. The molecule has 1 N–H and O–H groups in total. The maximum absolute atomic E-state index is 13.1. The number of rotatable bonds is 7. The van der Waals surface area contributed by atoms with Crippen LogP contribution in [0.2, 0.25) is 0 Å². The Labute approximate surface area is 193 Å². The molecule has 4 rings (SSSR count). The third kappa shape index (κ3) is 5.16. The lowest BCUT2D eigenvalue weighted by atomic mass is 9.89. The summed E-state index contributed by atoms with van der Waals surface area (Å²) in [5.41, 5.74) is 2.47. The average Bonchev–Trinajstić information content (AvgIpc) is 3.20. The fourth-order valence-electron chi connectivity index (χ4n) is 4.81. The zero-order chi connectivity index (χ0) is 23.4. The SMILES string of the molecule is CN1CCC(=NO)c2ccn(CCCCN3CCC(C(=O)c4ccc(F)cc4)CC3)c2C1=O. The quantitative estimate of drug-likeness (QED) is 0.300. The minimum absolute atomic E-state index is 0.00688. The molecular weight excluding hydrogens is 423 g/mol. The van der Waals surface area contributed by atoms with Gasteiger partial charge < -0.3 is 19.6 Å². The standard InChI is InChI=1S/C25H31FN4O3/c1-28-14-11-22(27-33)21-10-17-30(23(21)25(28)32)13-3-2-12-29-15-8-19(9-16-29)24(31)18-4-6-20(26)7-5-18/h4-7,10,17,19,33H,2-3,8-9,11-16H2,1H3. The van der Waals surface area contributed by atoms with Gasteiger partial charge in [-0.15, -0.1) is 0 Å². The van der Waals surface area contributed by atoms with Gasteiger partial charge in [-0.25, -0.2) is 4.39 Å². The Morgan fingerprint density at radius 3 is 2.48 bits per heavy atom. The molecule has 0 radical (unpaired) electrons. The van der Waals surface area contributed by atoms with Gasteiger partial charge in [0.1, 0.15) is 11.5 Å². The number of oxime groups is 1. The second-order valence-electron chi connectivity index (χ2n) is 8.99. The molecule has 2 aliphatic rings. The van der Waals surface area contributed by atoms with E-state index >= 15 is 0 Å². The minimum Gasteiger partial charge on any atom is -0.411 e. The molecule has 2 aliphatic heterocycles. The van der Waals surface area contributed by atoms with Crippen molar-refractivity contribution >= 4 is 17.4 Å². The van der Waals surface area contributed by atoms with E-state index in [1.165, 1.54) is 12.1 Å². The van der Waals surface area contributed by atoms with Gasteiger partial charge in [-0.1, -0.05) is 5.16 Å². The highest BCUT2D eigenvalue weighted by Gasteiger charge is 2.28. The molecule has 176 valence electrons. The molecule has 0 saturated carbocycles. The van der Waals surface area contributed by atoms with Crippen molar-refractivity contribution < 1.29 is 19.2 Å². The smallest absolute Gasteiger partial charge is 0.270 e. The van der Waals surface area contributed by atoms with Gasteiger partial charge in [0.25, 0.3) is 5.91 Å². The number of amides is 1. The van der Waals surface area contributed by atoms with Gasteiger partial charge in [-0.3, -0.25) is 9.59 Å². The lowest BCUT2D eigenvalue weighted by Gasteiger charge is -2.31. The molecule has 3 heterocycles. The van der Waals surface area contributed by atoms with Crippen LogP contribution in [0.25, 0.3) is 0 Å². The first-order valence-electron chi connectivity index (χ1n) is 11.7. The highest BCUT2D eigenvalue weighted by atomic mass is 19.1. The van der Waals surface area contributed by atoms with Crippen LogP contribution in [-0.2, 0) is 6.54 Å². The number of likely N-dealkylation sites (tertiary alicyclic amines) is 1. The number of carbonyl (C=O) groups is 2. The van der Waals surface area contributed by atoms with E-state index in [0.717, 1.165) is 57.4 Å². The Morgan fingerprint density at radius 1 is 1.09 bits per heavy atom. The van der Waals surface area contributed by atoms with E-state index in [4.69, 9.17) is 0 Å². The van der Waals surface area contributed by atoms with Crippen LogP contribution < -0.4 is 0 Å². The summed E-state index contributed by atoms with van der Waals surface area (Å²) >= 11 is 0. The second-order valence-corrected chi connectivity index (χ2v) is 8.99. The van der Waals surface area contributed by atoms with Crippen molar-refractivity contribution in [3.8, 4) is 0 Å². The number of fused-ring (bicyclic) bond motifs is 1. The zero-order valence-corrected chi connectivity index (χ0v) is 19.0. The maximum atomic E-state index is 13.1. The first kappa shape index (κ1) is 23.2. The van der Waals surface area contributed by atoms with Crippen molar-refractivity contribution in [3.63, 3.8) is 0 Å². The fourth-order valence-corrected chi connectivity index (χ4v) is 4.81. The summed E-state index contributed by atoms with van der Waals surface area (Å²) in [5.74, 6) is -0.243. The number of unbranched alkanes of at least 4 members (excludes halogenated alkanes) is 1. The molecule has 1 fully saturated rings.